The van der Waals surface area contributed by atoms with Crippen LogP contribution in [0.15, 0.2) is 152 Å². The third kappa shape index (κ3) is 13.1. The number of hydrogen-bond donors (Lipinski definition) is 2. The van der Waals surface area contributed by atoms with Crippen molar-refractivity contribution in [3.8, 4) is 0 Å². The van der Waals surface area contributed by atoms with Gasteiger partial charge in [0.2, 0.25) is 0 Å². The van der Waals surface area contributed by atoms with Crippen LogP contribution in [-0.2, 0) is 75.7 Å². The average Bonchev–Trinajstić information content (AvgIpc) is 3.30. The number of aliphatic hydroxyl groups is 2. The van der Waals surface area contributed by atoms with Crippen molar-refractivity contribution in [1.82, 2.24) is 0 Å². The lowest BCUT2D eigenvalue weighted by atomic mass is 9.96. The number of hydrogen-bond acceptors (Lipinski definition) is 11. The molecule has 61 heavy (non-hydrogen) atoms. The number of aliphatic hydroxyl groups excluding tert-OH is 2. The van der Waals surface area contributed by atoms with Crippen LogP contribution in [0.2, 0.25) is 0 Å². The van der Waals surface area contributed by atoms with Crippen molar-refractivity contribution in [3.63, 3.8) is 0 Å². The van der Waals surface area contributed by atoms with Crippen LogP contribution in [0.1, 0.15) is 41.2 Å². The predicted octanol–water partition coefficient (Wildman–Crippen LogP) is 7.16. The Labute approximate surface area is 359 Å². The molecule has 2 N–H and O–H groups in total. The van der Waals surface area contributed by atoms with Crippen LogP contribution in [0, 0.1) is 0 Å². The van der Waals surface area contributed by atoms with Crippen LogP contribution >= 0.6 is 0 Å². The van der Waals surface area contributed by atoms with Crippen molar-refractivity contribution in [2.24, 2.45) is 0 Å². The molecule has 2 fully saturated rings. The molecular weight excluding hydrogens is 777 g/mol. The van der Waals surface area contributed by atoms with E-state index in [2.05, 4.69) is 0 Å². The molecule has 7 rings (SSSR count). The van der Waals surface area contributed by atoms with E-state index in [1.165, 1.54) is 0 Å². The third-order valence-corrected chi connectivity index (χ3v) is 10.7. The molecule has 0 bridgehead atoms. The summed E-state index contributed by atoms with van der Waals surface area (Å²) >= 11 is 0. The summed E-state index contributed by atoms with van der Waals surface area (Å²) in [5.41, 5.74) is 4.84. The van der Waals surface area contributed by atoms with Gasteiger partial charge in [-0.3, -0.25) is 0 Å². The van der Waals surface area contributed by atoms with Crippen molar-refractivity contribution in [2.45, 2.75) is 108 Å². The van der Waals surface area contributed by atoms with Gasteiger partial charge in [0, 0.05) is 6.61 Å². The summed E-state index contributed by atoms with van der Waals surface area (Å²) in [5, 5.41) is 23.5. The Morgan fingerprint density at radius 1 is 0.426 bits per heavy atom. The summed E-state index contributed by atoms with van der Waals surface area (Å²) in [5.74, 6) is 0. The molecule has 2 heterocycles. The molecule has 324 valence electrons. The second-order valence-electron chi connectivity index (χ2n) is 15.3. The third-order valence-electron chi connectivity index (χ3n) is 10.7. The van der Waals surface area contributed by atoms with Crippen molar-refractivity contribution in [1.29, 1.82) is 0 Å². The molecule has 0 spiro atoms. The summed E-state index contributed by atoms with van der Waals surface area (Å²) in [6.45, 7) is 3.78. The van der Waals surface area contributed by atoms with Crippen molar-refractivity contribution in [2.75, 3.05) is 19.8 Å². The van der Waals surface area contributed by atoms with Gasteiger partial charge in [0.05, 0.1) is 46.2 Å². The van der Waals surface area contributed by atoms with E-state index in [-0.39, 0.29) is 33.0 Å². The summed E-state index contributed by atoms with van der Waals surface area (Å²) in [7, 11) is 0. The summed E-state index contributed by atoms with van der Waals surface area (Å²) in [6, 6.07) is 49.2. The van der Waals surface area contributed by atoms with Gasteiger partial charge in [-0.05, 0) is 34.2 Å². The molecular formula is C50H58O11. The first-order valence-corrected chi connectivity index (χ1v) is 21.2. The fraction of sp³-hybridized carbons (Fsp3) is 0.400. The van der Waals surface area contributed by atoms with E-state index in [9.17, 15) is 10.2 Å². The second-order valence-corrected chi connectivity index (χ2v) is 15.3. The first-order chi connectivity index (χ1) is 30.1. The monoisotopic (exact) mass is 834 g/mol. The largest absolute Gasteiger partial charge is 0.387 e. The predicted molar refractivity (Wildman–Crippen MR) is 228 cm³/mol. The first-order valence-electron chi connectivity index (χ1n) is 21.2. The lowest BCUT2D eigenvalue weighted by molar-refractivity contribution is -0.376. The van der Waals surface area contributed by atoms with E-state index < -0.39 is 61.4 Å². The van der Waals surface area contributed by atoms with E-state index in [1.807, 2.05) is 159 Å². The molecule has 2 aliphatic rings. The van der Waals surface area contributed by atoms with Crippen LogP contribution in [-0.4, -0.2) is 91.4 Å². The van der Waals surface area contributed by atoms with Gasteiger partial charge >= 0.3 is 0 Å². The van der Waals surface area contributed by atoms with Gasteiger partial charge in [0.15, 0.2) is 12.6 Å². The van der Waals surface area contributed by atoms with Gasteiger partial charge in [-0.25, -0.2) is 0 Å². The molecule has 10 atom stereocenters. The van der Waals surface area contributed by atoms with Crippen molar-refractivity contribution < 1.29 is 52.8 Å². The highest BCUT2D eigenvalue weighted by Gasteiger charge is 2.53. The second kappa shape index (κ2) is 23.8. The van der Waals surface area contributed by atoms with E-state index in [0.717, 1.165) is 27.8 Å². The molecule has 4 unspecified atom stereocenters. The SMILES string of the molecule is CCCO[C@@H]1C(O[C@@H]2OC(COCc3ccccc3)[C@H](OCc3ccccc3)[C@H](OCc3ccccc3)C2OCc2ccccc2)[C@H](O)OC(COCc2ccccc2)[C@@H]1O. The highest BCUT2D eigenvalue weighted by Crippen LogP contribution is 2.35. The minimum atomic E-state index is -1.52. The maximum Gasteiger partial charge on any atom is 0.187 e. The van der Waals surface area contributed by atoms with Crippen LogP contribution in [0.4, 0.5) is 0 Å². The summed E-state index contributed by atoms with van der Waals surface area (Å²) in [6.07, 6.45) is -9.41. The zero-order chi connectivity index (χ0) is 42.1. The van der Waals surface area contributed by atoms with Crippen LogP contribution in [0.5, 0.6) is 0 Å². The number of rotatable bonds is 22. The van der Waals surface area contributed by atoms with E-state index in [4.69, 9.17) is 42.6 Å². The highest BCUT2D eigenvalue weighted by molar-refractivity contribution is 5.17. The van der Waals surface area contributed by atoms with E-state index >= 15 is 0 Å². The Bertz CT molecular complexity index is 1920. The normalized spacial score (nSPS) is 26.5. The molecule has 2 saturated heterocycles. The van der Waals surface area contributed by atoms with Crippen LogP contribution in [0.25, 0.3) is 0 Å². The Balaban J connectivity index is 1.19. The molecule has 0 amide bonds. The smallest absolute Gasteiger partial charge is 0.187 e. The lowest BCUT2D eigenvalue weighted by Crippen LogP contribution is -2.66. The van der Waals surface area contributed by atoms with Gasteiger partial charge in [0.1, 0.15) is 48.8 Å². The number of benzene rings is 5. The average molecular weight is 835 g/mol. The number of ether oxygens (including phenoxy) is 9. The van der Waals surface area contributed by atoms with Gasteiger partial charge in [-0.2, -0.15) is 0 Å². The molecule has 0 radical (unpaired) electrons. The quantitative estimate of drug-likeness (QED) is 0.0739. The maximum atomic E-state index is 11.8. The lowest BCUT2D eigenvalue weighted by Gasteiger charge is -2.49. The molecule has 5 aromatic carbocycles. The van der Waals surface area contributed by atoms with E-state index in [0.29, 0.717) is 26.2 Å². The molecule has 11 nitrogen and oxygen atoms in total. The van der Waals surface area contributed by atoms with Crippen LogP contribution < -0.4 is 0 Å². The molecule has 5 aromatic rings. The van der Waals surface area contributed by atoms with Crippen molar-refractivity contribution in [3.05, 3.63) is 179 Å². The first kappa shape index (κ1) is 44.7. The van der Waals surface area contributed by atoms with E-state index in [1.54, 1.807) is 0 Å². The molecule has 11 heteroatoms. The molecule has 0 aliphatic carbocycles. The Hall–Kier alpha value is -4.34. The fourth-order valence-electron chi connectivity index (χ4n) is 7.51. The molecule has 2 aliphatic heterocycles. The summed E-state index contributed by atoms with van der Waals surface area (Å²) in [4.78, 5) is 0. The van der Waals surface area contributed by atoms with Crippen LogP contribution in [0.3, 0.4) is 0 Å². The minimum absolute atomic E-state index is 0.0191. The topological polar surface area (TPSA) is 124 Å². The minimum Gasteiger partial charge on any atom is -0.387 e. The maximum absolute atomic E-state index is 11.8. The van der Waals surface area contributed by atoms with Gasteiger partial charge in [-0.1, -0.05) is 159 Å². The van der Waals surface area contributed by atoms with Gasteiger partial charge in [0.25, 0.3) is 0 Å². The zero-order valence-corrected chi connectivity index (χ0v) is 34.6. The summed E-state index contributed by atoms with van der Waals surface area (Å²) < 4.78 is 58.7. The Kier molecular flexibility index (Phi) is 17.4. The Morgan fingerprint density at radius 2 is 0.836 bits per heavy atom. The standard InChI is InChI=1S/C50H58O11/c1-2-28-55-45-43(51)41(34-53-29-36-18-8-3-9-19-36)59-49(52)47(45)61-50-48(58-33-40-26-16-7-17-27-40)46(57-32-39-24-14-6-15-25-39)44(56-31-38-22-12-5-13-23-38)42(60-50)35-54-30-37-20-10-4-11-21-37/h3-27,41-52H,2,28-35H2,1H3/t41?,42?,43-,44-,45-,46-,47?,48?,49+,50-/m0/s1. The van der Waals surface area contributed by atoms with Gasteiger partial charge < -0.3 is 52.8 Å². The van der Waals surface area contributed by atoms with Gasteiger partial charge in [-0.15, -0.1) is 0 Å². The Morgan fingerprint density at radius 3 is 1.30 bits per heavy atom. The fourth-order valence-corrected chi connectivity index (χ4v) is 7.51. The zero-order valence-electron chi connectivity index (χ0n) is 34.6. The van der Waals surface area contributed by atoms with Crippen molar-refractivity contribution >= 4 is 0 Å². The molecule has 0 aromatic heterocycles. The highest BCUT2D eigenvalue weighted by atomic mass is 16.8. The molecule has 0 saturated carbocycles.